The third kappa shape index (κ3) is 5.52. The first-order chi connectivity index (χ1) is 8.49. The minimum Gasteiger partial charge on any atom is -0.544 e. The summed E-state index contributed by atoms with van der Waals surface area (Å²) in [7, 11) is 0. The van der Waals surface area contributed by atoms with E-state index in [0.717, 1.165) is 4.47 Å². The predicted octanol–water partition coefficient (Wildman–Crippen LogP) is -0.519. The van der Waals surface area contributed by atoms with Crippen molar-refractivity contribution in [2.24, 2.45) is 0 Å². The zero-order valence-corrected chi connectivity index (χ0v) is 11.9. The quantitative estimate of drug-likeness (QED) is 0.732. The van der Waals surface area contributed by atoms with E-state index in [1.54, 1.807) is 12.1 Å². The van der Waals surface area contributed by atoms with Crippen molar-refractivity contribution in [1.82, 2.24) is 0 Å². The van der Waals surface area contributed by atoms with Gasteiger partial charge < -0.3 is 21.0 Å². The summed E-state index contributed by atoms with van der Waals surface area (Å²) >= 11 is 4.52. The third-order valence-electron chi connectivity index (χ3n) is 1.99. The van der Waals surface area contributed by atoms with Gasteiger partial charge >= 0.3 is 0 Å². The maximum absolute atomic E-state index is 11.5. The average molecular weight is 333 g/mol. The van der Waals surface area contributed by atoms with Gasteiger partial charge in [-0.05, 0) is 18.2 Å². The Morgan fingerprint density at radius 3 is 2.83 bits per heavy atom. The van der Waals surface area contributed by atoms with Crippen LogP contribution in [0.1, 0.15) is 0 Å². The van der Waals surface area contributed by atoms with Gasteiger partial charge in [-0.1, -0.05) is 22.0 Å². The van der Waals surface area contributed by atoms with Gasteiger partial charge in [-0.2, -0.15) is 0 Å². The molecule has 1 rings (SSSR count). The molecule has 0 saturated heterocycles. The summed E-state index contributed by atoms with van der Waals surface area (Å²) < 4.78 is 0.878. The van der Waals surface area contributed by atoms with Crippen molar-refractivity contribution >= 4 is 45.3 Å². The fraction of sp³-hybridized carbons (Fsp3) is 0.273. The van der Waals surface area contributed by atoms with Gasteiger partial charge in [0.2, 0.25) is 5.91 Å². The standard InChI is InChI=1S/C11H13BrN2O3S/c12-7-2-1-3-8(4-7)14-10(15)6-18-5-9(13)11(16)17/h1-4,9H,5-6,13H2,(H,14,15)(H,16,17)/t9-/m0/s1. The second-order valence-corrected chi connectivity index (χ2v) is 5.54. The molecule has 1 aromatic rings. The summed E-state index contributed by atoms with van der Waals surface area (Å²) in [4.78, 5) is 22.0. The average Bonchev–Trinajstić information content (AvgIpc) is 2.28. The van der Waals surface area contributed by atoms with E-state index >= 15 is 0 Å². The van der Waals surface area contributed by atoms with Crippen LogP contribution in [-0.4, -0.2) is 29.4 Å². The van der Waals surface area contributed by atoms with Gasteiger partial charge in [0.05, 0.1) is 17.5 Å². The van der Waals surface area contributed by atoms with E-state index in [0.29, 0.717) is 5.69 Å². The van der Waals surface area contributed by atoms with Crippen molar-refractivity contribution in [3.8, 4) is 0 Å². The normalized spacial score (nSPS) is 11.9. The Bertz CT molecular complexity index is 442. The number of thioether (sulfide) groups is 1. The van der Waals surface area contributed by atoms with Crippen LogP contribution >= 0.6 is 27.7 Å². The van der Waals surface area contributed by atoms with Crippen molar-refractivity contribution in [1.29, 1.82) is 0 Å². The summed E-state index contributed by atoms with van der Waals surface area (Å²) in [5.74, 6) is -0.932. The number of benzene rings is 1. The number of aliphatic carboxylic acids is 1. The molecule has 0 radical (unpaired) electrons. The Kier molecular flexibility index (Phi) is 6.17. The van der Waals surface area contributed by atoms with Gasteiger partial charge in [0.25, 0.3) is 0 Å². The minimum atomic E-state index is -1.20. The molecule has 7 heteroatoms. The Morgan fingerprint density at radius 1 is 1.50 bits per heavy atom. The molecule has 0 aliphatic heterocycles. The molecule has 1 amide bonds. The number of anilines is 1. The number of halogens is 1. The Labute approximate surface area is 117 Å². The molecule has 1 atom stereocenters. The van der Waals surface area contributed by atoms with Crippen molar-refractivity contribution in [3.63, 3.8) is 0 Å². The van der Waals surface area contributed by atoms with Crippen molar-refractivity contribution in [2.45, 2.75) is 6.04 Å². The molecule has 0 aromatic heterocycles. The third-order valence-corrected chi connectivity index (χ3v) is 3.59. The number of carbonyl (C=O) groups excluding carboxylic acids is 2. The molecule has 1 aromatic carbocycles. The van der Waals surface area contributed by atoms with Crippen LogP contribution in [-0.2, 0) is 9.59 Å². The predicted molar refractivity (Wildman–Crippen MR) is 71.8 cm³/mol. The number of carbonyl (C=O) groups is 2. The lowest BCUT2D eigenvalue weighted by Gasteiger charge is -2.09. The lowest BCUT2D eigenvalue weighted by atomic mass is 10.3. The number of hydrogen-bond donors (Lipinski definition) is 2. The number of carboxylic acids is 1. The topological polar surface area (TPSA) is 96.9 Å². The van der Waals surface area contributed by atoms with Gasteiger partial charge in [-0.25, -0.2) is 0 Å². The van der Waals surface area contributed by atoms with Crippen LogP contribution in [0.15, 0.2) is 28.7 Å². The molecule has 4 N–H and O–H groups in total. The Morgan fingerprint density at radius 2 is 2.22 bits per heavy atom. The monoisotopic (exact) mass is 332 g/mol. The Balaban J connectivity index is 2.32. The maximum atomic E-state index is 11.5. The summed E-state index contributed by atoms with van der Waals surface area (Å²) in [5.41, 5.74) is 4.10. The SMILES string of the molecule is [NH3+][C@@H](CSCC(=O)Nc1cccc(Br)c1)C(=O)[O-]. The molecule has 0 saturated carbocycles. The highest BCUT2D eigenvalue weighted by atomic mass is 79.9. The van der Waals surface area contributed by atoms with E-state index in [2.05, 4.69) is 27.0 Å². The molecule has 0 aliphatic carbocycles. The van der Waals surface area contributed by atoms with Crippen molar-refractivity contribution in [2.75, 3.05) is 16.8 Å². The van der Waals surface area contributed by atoms with E-state index < -0.39 is 12.0 Å². The van der Waals surface area contributed by atoms with Crippen LogP contribution in [0.25, 0.3) is 0 Å². The summed E-state index contributed by atoms with van der Waals surface area (Å²) in [5, 5.41) is 13.1. The van der Waals surface area contributed by atoms with Crippen molar-refractivity contribution < 1.29 is 20.4 Å². The first-order valence-electron chi connectivity index (χ1n) is 5.16. The van der Waals surface area contributed by atoms with Crippen LogP contribution in [0.3, 0.4) is 0 Å². The highest BCUT2D eigenvalue weighted by molar-refractivity contribution is 9.10. The van der Waals surface area contributed by atoms with Crippen molar-refractivity contribution in [3.05, 3.63) is 28.7 Å². The largest absolute Gasteiger partial charge is 0.544 e. The van der Waals surface area contributed by atoms with Crippen LogP contribution < -0.4 is 16.2 Å². The molecule has 98 valence electrons. The van der Waals surface area contributed by atoms with E-state index in [4.69, 9.17) is 0 Å². The lowest BCUT2D eigenvalue weighted by molar-refractivity contribution is -0.431. The first-order valence-corrected chi connectivity index (χ1v) is 7.11. The second kappa shape index (κ2) is 7.40. The van der Waals surface area contributed by atoms with Gasteiger partial charge in [0.1, 0.15) is 6.04 Å². The highest BCUT2D eigenvalue weighted by Crippen LogP contribution is 2.15. The molecule has 0 bridgehead atoms. The number of carboxylic acid groups (broad SMARTS) is 1. The molecule has 0 aliphatic rings. The number of hydrogen-bond acceptors (Lipinski definition) is 4. The molecule has 0 unspecified atom stereocenters. The van der Waals surface area contributed by atoms with Crippen LogP contribution in [0, 0.1) is 0 Å². The second-order valence-electron chi connectivity index (χ2n) is 3.59. The Hall–Kier alpha value is -1.05. The van der Waals surface area contributed by atoms with Crippen LogP contribution in [0.5, 0.6) is 0 Å². The van der Waals surface area contributed by atoms with Gasteiger partial charge in [0.15, 0.2) is 0 Å². The summed E-state index contributed by atoms with van der Waals surface area (Å²) in [6.45, 7) is 0. The molecule has 5 nitrogen and oxygen atoms in total. The van der Waals surface area contributed by atoms with E-state index in [-0.39, 0.29) is 17.4 Å². The number of amides is 1. The molecular weight excluding hydrogens is 320 g/mol. The van der Waals surface area contributed by atoms with E-state index in [1.165, 1.54) is 11.8 Å². The van der Waals surface area contributed by atoms with Gasteiger partial charge in [-0.3, -0.25) is 4.79 Å². The number of nitrogens with one attached hydrogen (secondary N) is 1. The lowest BCUT2D eigenvalue weighted by Crippen LogP contribution is -2.69. The molecular formula is C11H13BrN2O3S. The highest BCUT2D eigenvalue weighted by Gasteiger charge is 2.09. The van der Waals surface area contributed by atoms with Gasteiger partial charge in [-0.15, -0.1) is 11.8 Å². The first kappa shape index (κ1) is 15.0. The fourth-order valence-electron chi connectivity index (χ4n) is 1.13. The van der Waals surface area contributed by atoms with Crippen LogP contribution in [0.2, 0.25) is 0 Å². The zero-order valence-electron chi connectivity index (χ0n) is 9.52. The maximum Gasteiger partial charge on any atom is 0.234 e. The van der Waals surface area contributed by atoms with E-state index in [9.17, 15) is 14.7 Å². The van der Waals surface area contributed by atoms with Crippen LogP contribution in [0.4, 0.5) is 5.69 Å². The molecule has 0 spiro atoms. The molecule has 0 heterocycles. The summed E-state index contributed by atoms with van der Waals surface area (Å²) in [6, 6.07) is 6.44. The molecule has 0 fully saturated rings. The van der Waals surface area contributed by atoms with Gasteiger partial charge in [0, 0.05) is 10.2 Å². The number of quaternary nitrogens is 1. The summed E-state index contributed by atoms with van der Waals surface area (Å²) in [6.07, 6.45) is 0. The smallest absolute Gasteiger partial charge is 0.234 e. The van der Waals surface area contributed by atoms with E-state index in [1.807, 2.05) is 12.1 Å². The number of rotatable bonds is 6. The fourth-order valence-corrected chi connectivity index (χ4v) is 2.32. The zero-order chi connectivity index (χ0) is 13.5. The molecule has 18 heavy (non-hydrogen) atoms. The minimum absolute atomic E-state index is 0.177.